The Morgan fingerprint density at radius 3 is 2.65 bits per heavy atom. The number of nitro groups is 1. The van der Waals surface area contributed by atoms with E-state index in [2.05, 4.69) is 10.3 Å². The van der Waals surface area contributed by atoms with Crippen LogP contribution >= 0.6 is 0 Å². The second kappa shape index (κ2) is 5.54. The predicted octanol–water partition coefficient (Wildman–Crippen LogP) is 0.449. The molecule has 1 aromatic heterocycles. The molecular weight excluding hydrogens is 228 g/mol. The number of urea groups is 1. The molecule has 8 nitrogen and oxygen atoms in total. The summed E-state index contributed by atoms with van der Waals surface area (Å²) >= 11 is 0. The number of amides is 3. The largest absolute Gasteiger partial charge is 0.363 e. The first-order valence-electron chi connectivity index (χ1n) is 4.74. The molecule has 0 spiro atoms. The summed E-state index contributed by atoms with van der Waals surface area (Å²) in [5.74, 6) is -1.03. The van der Waals surface area contributed by atoms with E-state index in [1.807, 2.05) is 5.32 Å². The molecule has 1 heterocycles. The summed E-state index contributed by atoms with van der Waals surface area (Å²) in [7, 11) is 0. The number of pyridine rings is 1. The maximum atomic E-state index is 11.4. The lowest BCUT2D eigenvalue weighted by atomic mass is 10.2. The molecule has 1 rings (SSSR count). The summed E-state index contributed by atoms with van der Waals surface area (Å²) in [5.41, 5.74) is 0.0712. The molecule has 0 saturated heterocycles. The molecular formula is C9H10N4O4. The second-order valence-electron chi connectivity index (χ2n) is 2.98. The van der Waals surface area contributed by atoms with Gasteiger partial charge in [0, 0.05) is 12.6 Å². The van der Waals surface area contributed by atoms with E-state index in [4.69, 9.17) is 0 Å². The molecule has 8 heteroatoms. The quantitative estimate of drug-likeness (QED) is 0.586. The van der Waals surface area contributed by atoms with E-state index in [0.717, 1.165) is 12.3 Å². The van der Waals surface area contributed by atoms with Gasteiger partial charge in [0.2, 0.25) is 0 Å². The van der Waals surface area contributed by atoms with Gasteiger partial charge in [-0.2, -0.15) is 0 Å². The molecule has 0 radical (unpaired) electrons. The van der Waals surface area contributed by atoms with Crippen molar-refractivity contribution in [3.05, 3.63) is 34.0 Å². The van der Waals surface area contributed by atoms with E-state index in [9.17, 15) is 19.7 Å². The minimum Gasteiger partial charge on any atom is -0.358 e. The molecule has 90 valence electrons. The number of carbonyl (C=O) groups excluding carboxylic acids is 2. The molecule has 0 aliphatic rings. The maximum Gasteiger partial charge on any atom is 0.363 e. The van der Waals surface area contributed by atoms with Gasteiger partial charge >= 0.3 is 11.8 Å². The highest BCUT2D eigenvalue weighted by molar-refractivity contribution is 6.04. The Bertz CT molecular complexity index is 443. The molecule has 0 atom stereocenters. The first-order chi connectivity index (χ1) is 8.04. The number of carbonyl (C=O) groups is 2. The van der Waals surface area contributed by atoms with E-state index < -0.39 is 16.9 Å². The first-order valence-corrected chi connectivity index (χ1v) is 4.74. The van der Waals surface area contributed by atoms with Gasteiger partial charge < -0.3 is 15.4 Å². The molecule has 1 aromatic rings. The van der Waals surface area contributed by atoms with Crippen LogP contribution < -0.4 is 10.6 Å². The van der Waals surface area contributed by atoms with Crippen LogP contribution in [0.4, 0.5) is 10.6 Å². The number of aromatic nitrogens is 1. The van der Waals surface area contributed by atoms with Crippen molar-refractivity contribution < 1.29 is 14.5 Å². The standard InChI is InChI=1S/C9H10N4O4/c1-2-10-9(15)12-8(14)6-3-4-7(11-5-6)13(16)17/h3-5H,2H2,1H3,(H2,10,12,14,15). The maximum absolute atomic E-state index is 11.4. The van der Waals surface area contributed by atoms with Crippen LogP contribution in [0.5, 0.6) is 0 Å². The Kier molecular flexibility index (Phi) is 4.09. The van der Waals surface area contributed by atoms with Gasteiger partial charge in [0.15, 0.2) is 6.20 Å². The average molecular weight is 238 g/mol. The number of nitrogens with zero attached hydrogens (tertiary/aromatic N) is 2. The monoisotopic (exact) mass is 238 g/mol. The number of imide groups is 1. The number of hydrogen-bond donors (Lipinski definition) is 2. The molecule has 0 aliphatic carbocycles. The van der Waals surface area contributed by atoms with Crippen molar-refractivity contribution in [3.63, 3.8) is 0 Å². The van der Waals surface area contributed by atoms with Crippen LogP contribution in [0.1, 0.15) is 17.3 Å². The van der Waals surface area contributed by atoms with Crippen molar-refractivity contribution in [2.45, 2.75) is 6.92 Å². The second-order valence-corrected chi connectivity index (χ2v) is 2.98. The minimum atomic E-state index is -0.675. The fourth-order valence-electron chi connectivity index (χ4n) is 1.01. The Labute approximate surface area is 96.2 Å². The summed E-state index contributed by atoms with van der Waals surface area (Å²) in [4.78, 5) is 35.6. The van der Waals surface area contributed by atoms with E-state index in [0.29, 0.717) is 6.54 Å². The highest BCUT2D eigenvalue weighted by Gasteiger charge is 2.13. The van der Waals surface area contributed by atoms with E-state index in [1.54, 1.807) is 6.92 Å². The van der Waals surface area contributed by atoms with Gasteiger partial charge in [-0.25, -0.2) is 4.79 Å². The van der Waals surface area contributed by atoms with Gasteiger partial charge in [-0.15, -0.1) is 0 Å². The molecule has 0 aromatic carbocycles. The smallest absolute Gasteiger partial charge is 0.358 e. The van der Waals surface area contributed by atoms with E-state index in [-0.39, 0.29) is 11.4 Å². The topological polar surface area (TPSA) is 114 Å². The van der Waals surface area contributed by atoms with Crippen molar-refractivity contribution in [2.24, 2.45) is 0 Å². The third-order valence-corrected chi connectivity index (χ3v) is 1.76. The average Bonchev–Trinajstić information content (AvgIpc) is 2.29. The van der Waals surface area contributed by atoms with Crippen molar-refractivity contribution in [3.8, 4) is 0 Å². The normalized spacial score (nSPS) is 9.47. The fraction of sp³-hybridized carbons (Fsp3) is 0.222. The van der Waals surface area contributed by atoms with Crippen molar-refractivity contribution in [1.82, 2.24) is 15.6 Å². The minimum absolute atomic E-state index is 0.0712. The van der Waals surface area contributed by atoms with Gasteiger partial charge in [0.05, 0.1) is 5.56 Å². The molecule has 0 unspecified atom stereocenters. The van der Waals surface area contributed by atoms with Gasteiger partial charge in [-0.3, -0.25) is 10.1 Å². The predicted molar refractivity (Wildman–Crippen MR) is 57.4 cm³/mol. The van der Waals surface area contributed by atoms with Crippen LogP contribution in [0.15, 0.2) is 18.3 Å². The summed E-state index contributed by atoms with van der Waals surface area (Å²) in [5, 5.41) is 14.7. The summed E-state index contributed by atoms with van der Waals surface area (Å²) < 4.78 is 0. The van der Waals surface area contributed by atoms with Gasteiger partial charge in [0.25, 0.3) is 5.91 Å². The summed E-state index contributed by atoms with van der Waals surface area (Å²) in [6.07, 6.45) is 1.03. The van der Waals surface area contributed by atoms with Crippen molar-refractivity contribution >= 4 is 17.8 Å². The summed E-state index contributed by atoms with van der Waals surface area (Å²) in [6, 6.07) is 1.68. The van der Waals surface area contributed by atoms with Crippen molar-refractivity contribution in [1.29, 1.82) is 0 Å². The molecule has 0 saturated carbocycles. The van der Waals surface area contributed by atoms with Crippen LogP contribution in [0, 0.1) is 10.1 Å². The number of hydrogen-bond acceptors (Lipinski definition) is 5. The Morgan fingerprint density at radius 1 is 1.47 bits per heavy atom. The Hall–Kier alpha value is -2.51. The fourth-order valence-corrected chi connectivity index (χ4v) is 1.01. The lowest BCUT2D eigenvalue weighted by Crippen LogP contribution is -2.39. The van der Waals surface area contributed by atoms with Crippen molar-refractivity contribution in [2.75, 3.05) is 6.54 Å². The highest BCUT2D eigenvalue weighted by Crippen LogP contribution is 2.07. The number of nitrogens with one attached hydrogen (secondary N) is 2. The molecule has 2 N–H and O–H groups in total. The zero-order valence-corrected chi connectivity index (χ0v) is 8.97. The zero-order valence-electron chi connectivity index (χ0n) is 8.97. The third kappa shape index (κ3) is 3.52. The van der Waals surface area contributed by atoms with E-state index >= 15 is 0 Å². The molecule has 0 aliphatic heterocycles. The molecule has 0 bridgehead atoms. The van der Waals surface area contributed by atoms with Crippen LogP contribution in [-0.4, -0.2) is 28.4 Å². The Balaban J connectivity index is 2.70. The SMILES string of the molecule is CCNC(=O)NC(=O)c1ccc([N+](=O)[O-])nc1. The van der Waals surface area contributed by atoms with Gasteiger partial charge in [-0.05, 0) is 22.9 Å². The molecule has 0 fully saturated rings. The van der Waals surface area contributed by atoms with Gasteiger partial charge in [-0.1, -0.05) is 0 Å². The first kappa shape index (κ1) is 12.6. The highest BCUT2D eigenvalue weighted by atomic mass is 16.6. The van der Waals surface area contributed by atoms with Gasteiger partial charge in [0.1, 0.15) is 0 Å². The lowest BCUT2D eigenvalue weighted by molar-refractivity contribution is -0.389. The Morgan fingerprint density at radius 2 is 2.18 bits per heavy atom. The zero-order chi connectivity index (χ0) is 12.8. The lowest BCUT2D eigenvalue weighted by Gasteiger charge is -2.03. The van der Waals surface area contributed by atoms with Crippen LogP contribution in [0.2, 0.25) is 0 Å². The summed E-state index contributed by atoms with van der Waals surface area (Å²) in [6.45, 7) is 2.09. The third-order valence-electron chi connectivity index (χ3n) is 1.76. The molecule has 17 heavy (non-hydrogen) atoms. The molecule has 3 amide bonds. The van der Waals surface area contributed by atoms with Crippen LogP contribution in [-0.2, 0) is 0 Å². The van der Waals surface area contributed by atoms with E-state index in [1.165, 1.54) is 6.07 Å². The van der Waals surface area contributed by atoms with Crippen LogP contribution in [0.3, 0.4) is 0 Å². The number of rotatable bonds is 3. The van der Waals surface area contributed by atoms with Crippen LogP contribution in [0.25, 0.3) is 0 Å².